The van der Waals surface area contributed by atoms with Gasteiger partial charge in [0.2, 0.25) is 5.95 Å². The van der Waals surface area contributed by atoms with Crippen LogP contribution in [0.15, 0.2) is 60.8 Å². The van der Waals surface area contributed by atoms with Gasteiger partial charge in [-0.05, 0) is 55.5 Å². The molecule has 0 saturated heterocycles. The zero-order chi connectivity index (χ0) is 22.5. The van der Waals surface area contributed by atoms with E-state index in [4.69, 9.17) is 4.74 Å². The highest BCUT2D eigenvalue weighted by atomic mass is 16.5. The molecule has 3 N–H and O–H groups in total. The topological polar surface area (TPSA) is 119 Å². The lowest BCUT2D eigenvalue weighted by Crippen LogP contribution is -2.12. The normalized spacial score (nSPS) is 10.5. The Balaban J connectivity index is 1.42. The lowest BCUT2D eigenvalue weighted by atomic mass is 10.2. The van der Waals surface area contributed by atoms with Crippen molar-refractivity contribution in [3.05, 3.63) is 72.2 Å². The quantitative estimate of drug-likeness (QED) is 0.406. The average Bonchev–Trinajstić information content (AvgIpc) is 3.22. The molecule has 0 bridgehead atoms. The Labute approximate surface area is 184 Å². The number of aromatic nitrogens is 5. The van der Waals surface area contributed by atoms with Gasteiger partial charge in [-0.2, -0.15) is 4.98 Å². The molecule has 4 rings (SSSR count). The number of amides is 1. The number of methoxy groups -OCH3 is 1. The number of nitrogens with zero attached hydrogens (tertiary/aromatic N) is 5. The van der Waals surface area contributed by atoms with Gasteiger partial charge >= 0.3 is 0 Å². The molecule has 0 radical (unpaired) electrons. The summed E-state index contributed by atoms with van der Waals surface area (Å²) in [5.74, 6) is 1.58. The van der Waals surface area contributed by atoms with Crippen LogP contribution in [-0.2, 0) is 7.05 Å². The summed E-state index contributed by atoms with van der Waals surface area (Å²) in [6.45, 7) is 1.90. The first-order valence-electron chi connectivity index (χ1n) is 9.80. The second-order valence-electron chi connectivity index (χ2n) is 7.01. The van der Waals surface area contributed by atoms with Gasteiger partial charge < -0.3 is 20.7 Å². The van der Waals surface area contributed by atoms with Gasteiger partial charge in [0.25, 0.3) is 5.91 Å². The van der Waals surface area contributed by atoms with E-state index in [0.717, 1.165) is 22.8 Å². The van der Waals surface area contributed by atoms with Crippen LogP contribution in [-0.4, -0.2) is 38.0 Å². The number of nitrogens with one attached hydrogen (secondary N) is 3. The molecule has 2 aromatic heterocycles. The van der Waals surface area contributed by atoms with E-state index < -0.39 is 0 Å². The van der Waals surface area contributed by atoms with Crippen LogP contribution in [0.4, 0.5) is 28.8 Å². The number of anilines is 5. The SMILES string of the molecule is COc1ccc(Nc2cc(C)nc(Nc3ccc(NC(=O)c4cn(C)nn4)cc3)n2)cc1. The predicted molar refractivity (Wildman–Crippen MR) is 122 cm³/mol. The zero-order valence-electron chi connectivity index (χ0n) is 17.8. The highest BCUT2D eigenvalue weighted by Gasteiger charge is 2.10. The number of ether oxygens (including phenoxy) is 1. The molecule has 10 heteroatoms. The molecule has 0 atom stereocenters. The summed E-state index contributed by atoms with van der Waals surface area (Å²) in [5.41, 5.74) is 3.37. The number of hydrogen-bond acceptors (Lipinski definition) is 8. The molecule has 0 aliphatic rings. The summed E-state index contributed by atoms with van der Waals surface area (Å²) >= 11 is 0. The standard InChI is InChI=1S/C22H22N8O2/c1-14-12-20(24-15-8-10-18(32-3)11-9-15)27-22(23-14)26-17-6-4-16(5-7-17)25-21(31)19-13-30(2)29-28-19/h4-13H,1-3H3,(H,25,31)(H2,23,24,26,27). The minimum Gasteiger partial charge on any atom is -0.497 e. The van der Waals surface area contributed by atoms with Crippen molar-refractivity contribution in [3.63, 3.8) is 0 Å². The second kappa shape index (κ2) is 9.13. The zero-order valence-corrected chi connectivity index (χ0v) is 17.8. The van der Waals surface area contributed by atoms with Gasteiger partial charge in [-0.1, -0.05) is 5.21 Å². The number of hydrogen-bond donors (Lipinski definition) is 3. The van der Waals surface area contributed by atoms with Crippen LogP contribution >= 0.6 is 0 Å². The summed E-state index contributed by atoms with van der Waals surface area (Å²) in [4.78, 5) is 21.2. The van der Waals surface area contributed by atoms with Crippen molar-refractivity contribution >= 4 is 34.7 Å². The third-order valence-corrected chi connectivity index (χ3v) is 4.45. The van der Waals surface area contributed by atoms with Gasteiger partial charge in [0, 0.05) is 35.9 Å². The predicted octanol–water partition coefficient (Wildman–Crippen LogP) is 3.66. The molecular formula is C22H22N8O2. The second-order valence-corrected chi connectivity index (χ2v) is 7.01. The summed E-state index contributed by atoms with van der Waals surface area (Å²) in [6, 6.07) is 16.7. The van der Waals surface area contributed by atoms with E-state index in [2.05, 4.69) is 36.2 Å². The molecule has 2 heterocycles. The Kier molecular flexibility index (Phi) is 5.93. The largest absolute Gasteiger partial charge is 0.497 e. The Hall–Kier alpha value is -4.47. The van der Waals surface area contributed by atoms with Gasteiger partial charge in [-0.3, -0.25) is 9.48 Å². The summed E-state index contributed by atoms with van der Waals surface area (Å²) in [7, 11) is 3.34. The van der Waals surface area contributed by atoms with E-state index in [9.17, 15) is 4.79 Å². The third kappa shape index (κ3) is 5.17. The molecule has 0 aliphatic heterocycles. The van der Waals surface area contributed by atoms with E-state index in [1.165, 1.54) is 4.68 Å². The average molecular weight is 430 g/mol. The van der Waals surface area contributed by atoms with Gasteiger partial charge in [0.15, 0.2) is 5.69 Å². The van der Waals surface area contributed by atoms with Gasteiger partial charge in [0.05, 0.1) is 13.3 Å². The van der Waals surface area contributed by atoms with Crippen LogP contribution in [0.2, 0.25) is 0 Å². The fraction of sp³-hybridized carbons (Fsp3) is 0.136. The Morgan fingerprint density at radius 2 is 1.59 bits per heavy atom. The van der Waals surface area contributed by atoms with Crippen molar-refractivity contribution < 1.29 is 9.53 Å². The lowest BCUT2D eigenvalue weighted by Gasteiger charge is -2.11. The monoisotopic (exact) mass is 430 g/mol. The van der Waals surface area contributed by atoms with Crippen LogP contribution in [0.25, 0.3) is 0 Å². The van der Waals surface area contributed by atoms with Crippen LogP contribution in [0.1, 0.15) is 16.2 Å². The number of carbonyl (C=O) groups excluding carboxylic acids is 1. The van der Waals surface area contributed by atoms with E-state index >= 15 is 0 Å². The van der Waals surface area contributed by atoms with Crippen molar-refractivity contribution in [2.45, 2.75) is 6.92 Å². The molecule has 2 aromatic carbocycles. The minimum absolute atomic E-state index is 0.250. The van der Waals surface area contributed by atoms with E-state index in [0.29, 0.717) is 17.5 Å². The van der Waals surface area contributed by atoms with Crippen molar-refractivity contribution in [2.75, 3.05) is 23.1 Å². The van der Waals surface area contributed by atoms with E-state index in [1.54, 1.807) is 32.5 Å². The first kappa shape index (κ1) is 20.8. The smallest absolute Gasteiger partial charge is 0.277 e. The highest BCUT2D eigenvalue weighted by Crippen LogP contribution is 2.22. The van der Waals surface area contributed by atoms with E-state index in [1.807, 2.05) is 49.4 Å². The van der Waals surface area contributed by atoms with Crippen molar-refractivity contribution in [3.8, 4) is 5.75 Å². The molecule has 0 fully saturated rings. The number of rotatable bonds is 7. The highest BCUT2D eigenvalue weighted by molar-refractivity contribution is 6.02. The fourth-order valence-electron chi connectivity index (χ4n) is 2.92. The molecule has 32 heavy (non-hydrogen) atoms. The van der Waals surface area contributed by atoms with Crippen LogP contribution < -0.4 is 20.7 Å². The maximum atomic E-state index is 12.2. The molecule has 0 aliphatic carbocycles. The molecule has 162 valence electrons. The molecule has 0 spiro atoms. The fourth-order valence-corrected chi connectivity index (χ4v) is 2.92. The van der Waals surface area contributed by atoms with Crippen LogP contribution in [0.3, 0.4) is 0 Å². The Morgan fingerprint density at radius 3 is 2.25 bits per heavy atom. The summed E-state index contributed by atoms with van der Waals surface area (Å²) in [6.07, 6.45) is 1.55. The first-order valence-corrected chi connectivity index (χ1v) is 9.80. The number of benzene rings is 2. The number of aryl methyl sites for hydroxylation is 2. The molecular weight excluding hydrogens is 408 g/mol. The third-order valence-electron chi connectivity index (χ3n) is 4.45. The molecule has 10 nitrogen and oxygen atoms in total. The van der Waals surface area contributed by atoms with Crippen molar-refractivity contribution in [1.29, 1.82) is 0 Å². The van der Waals surface area contributed by atoms with E-state index in [-0.39, 0.29) is 11.6 Å². The van der Waals surface area contributed by atoms with Gasteiger partial charge in [0.1, 0.15) is 11.6 Å². The minimum atomic E-state index is -0.324. The molecule has 4 aromatic rings. The van der Waals surface area contributed by atoms with Crippen LogP contribution in [0, 0.1) is 6.92 Å². The maximum Gasteiger partial charge on any atom is 0.277 e. The Morgan fingerprint density at radius 1 is 0.938 bits per heavy atom. The number of carbonyl (C=O) groups is 1. The van der Waals surface area contributed by atoms with Crippen molar-refractivity contribution in [1.82, 2.24) is 25.0 Å². The lowest BCUT2D eigenvalue weighted by molar-refractivity contribution is 0.102. The first-order chi connectivity index (χ1) is 15.5. The molecule has 0 saturated carbocycles. The maximum absolute atomic E-state index is 12.2. The van der Waals surface area contributed by atoms with Crippen LogP contribution in [0.5, 0.6) is 5.75 Å². The molecule has 1 amide bonds. The van der Waals surface area contributed by atoms with Gasteiger partial charge in [-0.15, -0.1) is 5.10 Å². The summed E-state index contributed by atoms with van der Waals surface area (Å²) in [5, 5.41) is 16.8. The van der Waals surface area contributed by atoms with Crippen molar-refractivity contribution in [2.24, 2.45) is 7.05 Å². The van der Waals surface area contributed by atoms with Gasteiger partial charge in [-0.25, -0.2) is 4.98 Å². The Bertz CT molecular complexity index is 1220. The molecule has 0 unspecified atom stereocenters. The summed E-state index contributed by atoms with van der Waals surface area (Å²) < 4.78 is 6.66.